The molecule has 0 saturated carbocycles. The van der Waals surface area contributed by atoms with E-state index < -0.39 is 11.7 Å². The van der Waals surface area contributed by atoms with Gasteiger partial charge in [0, 0.05) is 13.7 Å². The molecule has 0 radical (unpaired) electrons. The number of hydrogen-bond donors (Lipinski definition) is 2. The van der Waals surface area contributed by atoms with Crippen LogP contribution in [0.3, 0.4) is 0 Å². The second-order valence-electron chi connectivity index (χ2n) is 4.52. The van der Waals surface area contributed by atoms with Gasteiger partial charge in [0.15, 0.2) is 5.96 Å². The zero-order chi connectivity index (χ0) is 17.1. The number of aliphatic imine (C=N–C) groups is 1. The van der Waals surface area contributed by atoms with Gasteiger partial charge in [0.1, 0.15) is 12.4 Å². The number of hydrogen-bond acceptors (Lipinski definition) is 3. The minimum absolute atomic E-state index is 0. The number of benzene rings is 1. The minimum atomic E-state index is -4.43. The summed E-state index contributed by atoms with van der Waals surface area (Å²) in [4.78, 5) is 4.24. The van der Waals surface area contributed by atoms with E-state index in [0.29, 0.717) is 32.2 Å². The topological polar surface area (TPSA) is 54.9 Å². The molecule has 0 amide bonds. The lowest BCUT2D eigenvalue weighted by molar-refractivity contribution is -0.138. The molecule has 0 heterocycles. The molecule has 5 nitrogen and oxygen atoms in total. The molecule has 0 aromatic heterocycles. The van der Waals surface area contributed by atoms with E-state index in [0.717, 1.165) is 6.07 Å². The van der Waals surface area contributed by atoms with Crippen LogP contribution < -0.4 is 15.4 Å². The Labute approximate surface area is 157 Å². The highest BCUT2D eigenvalue weighted by Crippen LogP contribution is 2.35. The van der Waals surface area contributed by atoms with Crippen molar-refractivity contribution in [3.8, 4) is 5.75 Å². The van der Waals surface area contributed by atoms with Crippen molar-refractivity contribution in [3.63, 3.8) is 0 Å². The van der Waals surface area contributed by atoms with E-state index in [-0.39, 0.29) is 36.3 Å². The molecule has 0 aliphatic rings. The van der Waals surface area contributed by atoms with E-state index >= 15 is 0 Å². The van der Waals surface area contributed by atoms with Crippen molar-refractivity contribution >= 4 is 29.9 Å². The maximum Gasteiger partial charge on any atom is 0.419 e. The summed E-state index contributed by atoms with van der Waals surface area (Å²) in [5.74, 6) is 0.389. The Morgan fingerprint density at radius 1 is 1.17 bits per heavy atom. The Kier molecular flexibility index (Phi) is 11.6. The summed E-state index contributed by atoms with van der Waals surface area (Å²) in [6.45, 7) is 3.99. The lowest BCUT2D eigenvalue weighted by atomic mass is 10.2. The lowest BCUT2D eigenvalue weighted by Crippen LogP contribution is -2.39. The predicted octanol–water partition coefficient (Wildman–Crippen LogP) is 2.90. The molecule has 0 bridgehead atoms. The van der Waals surface area contributed by atoms with Gasteiger partial charge >= 0.3 is 6.18 Å². The highest BCUT2D eigenvalue weighted by molar-refractivity contribution is 14.0. The van der Waals surface area contributed by atoms with Crippen LogP contribution in [0.25, 0.3) is 0 Å². The zero-order valence-corrected chi connectivity index (χ0v) is 16.0. The summed E-state index contributed by atoms with van der Waals surface area (Å²) in [6.07, 6.45) is -4.43. The van der Waals surface area contributed by atoms with Gasteiger partial charge in [-0.05, 0) is 19.1 Å². The van der Waals surface area contributed by atoms with Gasteiger partial charge in [0.25, 0.3) is 0 Å². The fourth-order valence-electron chi connectivity index (χ4n) is 1.75. The van der Waals surface area contributed by atoms with Crippen LogP contribution >= 0.6 is 24.0 Å². The fraction of sp³-hybridized carbons (Fsp3) is 0.533. The molecule has 0 unspecified atom stereocenters. The number of rotatable bonds is 8. The summed E-state index contributed by atoms with van der Waals surface area (Å²) < 4.78 is 48.6. The van der Waals surface area contributed by atoms with E-state index in [1.165, 1.54) is 18.2 Å². The molecule has 0 saturated heterocycles. The first kappa shape index (κ1) is 22.8. The Balaban J connectivity index is 0.00000529. The average molecular weight is 461 g/mol. The number of para-hydroxylation sites is 1. The van der Waals surface area contributed by atoms with Crippen LogP contribution in [-0.2, 0) is 10.9 Å². The summed E-state index contributed by atoms with van der Waals surface area (Å²) in [7, 11) is 1.59. The van der Waals surface area contributed by atoms with E-state index in [2.05, 4.69) is 15.6 Å². The van der Waals surface area contributed by atoms with Gasteiger partial charge in [-0.15, -0.1) is 24.0 Å². The minimum Gasteiger partial charge on any atom is -0.491 e. The van der Waals surface area contributed by atoms with Crippen LogP contribution in [0.1, 0.15) is 12.5 Å². The van der Waals surface area contributed by atoms with Crippen LogP contribution in [-0.4, -0.2) is 45.9 Å². The smallest absolute Gasteiger partial charge is 0.419 e. The third kappa shape index (κ3) is 8.57. The number of methoxy groups -OCH3 is 1. The molecule has 2 N–H and O–H groups in total. The third-order valence-corrected chi connectivity index (χ3v) is 2.75. The fourth-order valence-corrected chi connectivity index (χ4v) is 1.75. The first-order valence-electron chi connectivity index (χ1n) is 7.29. The molecule has 0 spiro atoms. The quantitative estimate of drug-likeness (QED) is 0.271. The van der Waals surface area contributed by atoms with Crippen molar-refractivity contribution < 1.29 is 22.6 Å². The number of alkyl halides is 3. The molecular weight excluding hydrogens is 438 g/mol. The Hall–Kier alpha value is -1.23. The van der Waals surface area contributed by atoms with Crippen LogP contribution in [0.4, 0.5) is 13.2 Å². The van der Waals surface area contributed by atoms with Crippen molar-refractivity contribution in [2.75, 3.05) is 40.0 Å². The number of guanidine groups is 1. The molecule has 0 atom stereocenters. The van der Waals surface area contributed by atoms with Crippen molar-refractivity contribution in [2.45, 2.75) is 13.1 Å². The van der Waals surface area contributed by atoms with Crippen molar-refractivity contribution in [2.24, 2.45) is 4.99 Å². The zero-order valence-electron chi connectivity index (χ0n) is 13.7. The van der Waals surface area contributed by atoms with Gasteiger partial charge < -0.3 is 20.1 Å². The number of nitrogens with one attached hydrogen (secondary N) is 2. The molecule has 138 valence electrons. The van der Waals surface area contributed by atoms with Gasteiger partial charge in [0.2, 0.25) is 0 Å². The standard InChI is InChI=1S/C15H22F3N3O2.HI/c1-3-19-14(20-8-10-22-2)21-9-11-23-13-7-5-4-6-12(13)15(16,17)18;/h4-7H,3,8-11H2,1-2H3,(H2,19,20,21);1H. The van der Waals surface area contributed by atoms with Crippen molar-refractivity contribution in [3.05, 3.63) is 29.8 Å². The summed E-state index contributed by atoms with van der Waals surface area (Å²) in [5, 5.41) is 6.01. The maximum absolute atomic E-state index is 12.8. The van der Waals surface area contributed by atoms with E-state index in [9.17, 15) is 13.2 Å². The van der Waals surface area contributed by atoms with Crippen LogP contribution in [0.5, 0.6) is 5.75 Å². The number of ether oxygens (including phenoxy) is 2. The molecule has 0 aliphatic carbocycles. The number of nitrogens with zero attached hydrogens (tertiary/aromatic N) is 1. The first-order valence-corrected chi connectivity index (χ1v) is 7.29. The monoisotopic (exact) mass is 461 g/mol. The molecule has 0 aliphatic heterocycles. The summed E-state index contributed by atoms with van der Waals surface area (Å²) >= 11 is 0. The third-order valence-electron chi connectivity index (χ3n) is 2.75. The van der Waals surface area contributed by atoms with Gasteiger partial charge in [-0.2, -0.15) is 13.2 Å². The number of halogens is 4. The Morgan fingerprint density at radius 2 is 1.88 bits per heavy atom. The largest absolute Gasteiger partial charge is 0.491 e. The Bertz CT molecular complexity index is 499. The van der Waals surface area contributed by atoms with Gasteiger partial charge in [-0.1, -0.05) is 12.1 Å². The molecule has 1 rings (SSSR count). The molecule has 1 aromatic rings. The molecule has 0 fully saturated rings. The second-order valence-corrected chi connectivity index (χ2v) is 4.52. The van der Waals surface area contributed by atoms with Crippen LogP contribution in [0.2, 0.25) is 0 Å². The predicted molar refractivity (Wildman–Crippen MR) is 98.2 cm³/mol. The Morgan fingerprint density at radius 3 is 2.50 bits per heavy atom. The van der Waals surface area contributed by atoms with Crippen LogP contribution in [0, 0.1) is 0 Å². The second kappa shape index (κ2) is 12.2. The van der Waals surface area contributed by atoms with E-state index in [1.807, 2.05) is 6.92 Å². The molecule has 1 aromatic carbocycles. The van der Waals surface area contributed by atoms with Gasteiger partial charge in [-0.25, -0.2) is 0 Å². The first-order chi connectivity index (χ1) is 11.0. The highest BCUT2D eigenvalue weighted by Gasteiger charge is 2.33. The summed E-state index contributed by atoms with van der Waals surface area (Å²) in [5.41, 5.74) is -0.777. The SMILES string of the molecule is CCNC(=NCCOC)NCCOc1ccccc1C(F)(F)F.I. The molecule has 24 heavy (non-hydrogen) atoms. The molecular formula is C15H23F3IN3O2. The highest BCUT2D eigenvalue weighted by atomic mass is 127. The molecule has 9 heteroatoms. The van der Waals surface area contributed by atoms with E-state index in [1.54, 1.807) is 7.11 Å². The normalized spacial score (nSPS) is 11.6. The lowest BCUT2D eigenvalue weighted by Gasteiger charge is -2.15. The van der Waals surface area contributed by atoms with Crippen LogP contribution in [0.15, 0.2) is 29.3 Å². The van der Waals surface area contributed by atoms with Crippen molar-refractivity contribution in [1.82, 2.24) is 10.6 Å². The van der Waals surface area contributed by atoms with E-state index in [4.69, 9.17) is 9.47 Å². The average Bonchev–Trinajstić information content (AvgIpc) is 2.51. The summed E-state index contributed by atoms with van der Waals surface area (Å²) in [6, 6.07) is 5.15. The maximum atomic E-state index is 12.8. The van der Waals surface area contributed by atoms with Gasteiger partial charge in [0.05, 0.1) is 25.3 Å². The van der Waals surface area contributed by atoms with Gasteiger partial charge in [-0.3, -0.25) is 4.99 Å². The van der Waals surface area contributed by atoms with Crippen molar-refractivity contribution in [1.29, 1.82) is 0 Å².